The molecule has 29 heavy (non-hydrogen) atoms. The van der Waals surface area contributed by atoms with Crippen LogP contribution in [0.1, 0.15) is 77.9 Å². The van der Waals surface area contributed by atoms with Crippen LogP contribution in [0.5, 0.6) is 0 Å². The fourth-order valence-electron chi connectivity index (χ4n) is 4.15. The van der Waals surface area contributed by atoms with E-state index < -0.39 is 0 Å². The zero-order valence-corrected chi connectivity index (χ0v) is 18.1. The third kappa shape index (κ3) is 4.61. The van der Waals surface area contributed by atoms with Crippen molar-refractivity contribution in [2.24, 2.45) is 0 Å². The van der Waals surface area contributed by atoms with Gasteiger partial charge >= 0.3 is 0 Å². The maximum absolute atomic E-state index is 12.9. The minimum absolute atomic E-state index is 0.0250. The Hall–Kier alpha value is -2.40. The first-order chi connectivity index (χ1) is 13.8. The minimum atomic E-state index is 0.0250. The van der Waals surface area contributed by atoms with Gasteiger partial charge in [0.15, 0.2) is 5.43 Å². The Kier molecular flexibility index (Phi) is 6.58. The van der Waals surface area contributed by atoms with E-state index in [0.29, 0.717) is 19.4 Å². The van der Waals surface area contributed by atoms with Gasteiger partial charge < -0.3 is 15.0 Å². The number of aromatic amines is 1. The van der Waals surface area contributed by atoms with E-state index in [9.17, 15) is 9.59 Å². The van der Waals surface area contributed by atoms with Gasteiger partial charge in [0.1, 0.15) is 0 Å². The molecule has 1 aromatic heterocycles. The Morgan fingerprint density at radius 2 is 2.07 bits per heavy atom. The zero-order chi connectivity index (χ0) is 21.1. The third-order valence-corrected chi connectivity index (χ3v) is 5.94. The fourth-order valence-corrected chi connectivity index (χ4v) is 4.15. The lowest BCUT2D eigenvalue weighted by atomic mass is 9.93. The van der Waals surface area contributed by atoms with Crippen molar-refractivity contribution in [3.63, 3.8) is 0 Å². The van der Waals surface area contributed by atoms with Crippen molar-refractivity contribution < 1.29 is 9.53 Å². The second-order valence-electron chi connectivity index (χ2n) is 8.36. The highest BCUT2D eigenvalue weighted by Crippen LogP contribution is 2.32. The lowest BCUT2D eigenvalue weighted by Gasteiger charge is -2.17. The lowest BCUT2D eigenvalue weighted by molar-refractivity contribution is -0.122. The number of hydrogen-bond donors (Lipinski definition) is 2. The Morgan fingerprint density at radius 3 is 2.76 bits per heavy atom. The Balaban J connectivity index is 1.83. The molecule has 2 aromatic rings. The number of nitrogens with one attached hydrogen (secondary N) is 2. The molecular formula is C24H32N2O3. The van der Waals surface area contributed by atoms with Crippen molar-refractivity contribution in [3.8, 4) is 0 Å². The molecule has 1 amide bonds. The first-order valence-electron chi connectivity index (χ1n) is 10.4. The number of aromatic nitrogens is 1. The van der Waals surface area contributed by atoms with Gasteiger partial charge in [0.25, 0.3) is 0 Å². The Morgan fingerprint density at radius 1 is 1.31 bits per heavy atom. The van der Waals surface area contributed by atoms with Crippen molar-refractivity contribution in [2.75, 3.05) is 13.7 Å². The number of methoxy groups -OCH3 is 1. The molecule has 0 radical (unpaired) electrons. The van der Waals surface area contributed by atoms with E-state index in [4.69, 9.17) is 4.74 Å². The van der Waals surface area contributed by atoms with E-state index in [0.717, 1.165) is 40.9 Å². The SMILES string of the molecule is COCCC(=O)NC1CCc2cc(Cc3c(C(C)C)[nH]c(C)c(C)c3=O)ccc21. The summed E-state index contributed by atoms with van der Waals surface area (Å²) in [5.74, 6) is 0.287. The zero-order valence-electron chi connectivity index (χ0n) is 18.1. The smallest absolute Gasteiger partial charge is 0.222 e. The summed E-state index contributed by atoms with van der Waals surface area (Å²) in [6, 6.07) is 6.48. The van der Waals surface area contributed by atoms with Crippen LogP contribution in [0.4, 0.5) is 0 Å². The van der Waals surface area contributed by atoms with E-state index in [1.807, 2.05) is 13.8 Å². The van der Waals surface area contributed by atoms with Crippen molar-refractivity contribution in [3.05, 3.63) is 67.6 Å². The highest BCUT2D eigenvalue weighted by atomic mass is 16.5. The summed E-state index contributed by atoms with van der Waals surface area (Å²) in [5.41, 5.74) is 7.39. The predicted molar refractivity (Wildman–Crippen MR) is 116 cm³/mol. The number of hydrogen-bond acceptors (Lipinski definition) is 3. The van der Waals surface area contributed by atoms with Crippen LogP contribution in [0.3, 0.4) is 0 Å². The summed E-state index contributed by atoms with van der Waals surface area (Å²) in [6.07, 6.45) is 2.87. The Bertz CT molecular complexity index is 959. The molecule has 0 bridgehead atoms. The molecule has 1 heterocycles. The van der Waals surface area contributed by atoms with Crippen LogP contribution >= 0.6 is 0 Å². The molecule has 0 saturated heterocycles. The molecule has 1 aliphatic rings. The average molecular weight is 397 g/mol. The molecular weight excluding hydrogens is 364 g/mol. The van der Waals surface area contributed by atoms with Crippen LogP contribution in [-0.4, -0.2) is 24.6 Å². The molecule has 5 nitrogen and oxygen atoms in total. The van der Waals surface area contributed by atoms with E-state index in [-0.39, 0.29) is 23.3 Å². The molecule has 2 N–H and O–H groups in total. The summed E-state index contributed by atoms with van der Waals surface area (Å²) < 4.78 is 4.98. The average Bonchev–Trinajstić information content (AvgIpc) is 3.08. The number of benzene rings is 1. The number of pyridine rings is 1. The monoisotopic (exact) mass is 396 g/mol. The summed E-state index contributed by atoms with van der Waals surface area (Å²) in [7, 11) is 1.60. The van der Waals surface area contributed by atoms with Gasteiger partial charge in [0.05, 0.1) is 12.6 Å². The van der Waals surface area contributed by atoms with Crippen LogP contribution in [-0.2, 0) is 22.4 Å². The molecule has 1 aromatic carbocycles. The molecule has 1 atom stereocenters. The number of carbonyl (C=O) groups excluding carboxylic acids is 1. The summed E-state index contributed by atoms with van der Waals surface area (Å²) in [4.78, 5) is 28.4. The van der Waals surface area contributed by atoms with E-state index in [1.165, 1.54) is 11.1 Å². The van der Waals surface area contributed by atoms with E-state index >= 15 is 0 Å². The summed E-state index contributed by atoms with van der Waals surface area (Å²) >= 11 is 0. The molecule has 3 rings (SSSR count). The van der Waals surface area contributed by atoms with Crippen LogP contribution < -0.4 is 10.7 Å². The number of rotatable bonds is 7. The second kappa shape index (κ2) is 8.95. The van der Waals surface area contributed by atoms with Gasteiger partial charge in [-0.2, -0.15) is 0 Å². The van der Waals surface area contributed by atoms with Crippen molar-refractivity contribution >= 4 is 5.91 Å². The molecule has 5 heteroatoms. The normalized spacial score (nSPS) is 15.6. The fraction of sp³-hybridized carbons (Fsp3) is 0.500. The van der Waals surface area contributed by atoms with Crippen molar-refractivity contribution in [1.82, 2.24) is 10.3 Å². The number of aryl methyl sites for hydroxylation is 2. The van der Waals surface area contributed by atoms with Gasteiger partial charge in [-0.25, -0.2) is 0 Å². The van der Waals surface area contributed by atoms with Crippen LogP contribution in [0.25, 0.3) is 0 Å². The number of ether oxygens (including phenoxy) is 1. The molecule has 1 unspecified atom stereocenters. The highest BCUT2D eigenvalue weighted by molar-refractivity contribution is 5.76. The third-order valence-electron chi connectivity index (χ3n) is 5.94. The van der Waals surface area contributed by atoms with E-state index in [1.54, 1.807) is 7.11 Å². The largest absolute Gasteiger partial charge is 0.384 e. The maximum atomic E-state index is 12.9. The van der Waals surface area contributed by atoms with E-state index in [2.05, 4.69) is 42.3 Å². The predicted octanol–water partition coefficient (Wildman–Crippen LogP) is 3.85. The molecule has 0 saturated carbocycles. The quantitative estimate of drug-likeness (QED) is 0.747. The second-order valence-corrected chi connectivity index (χ2v) is 8.36. The van der Waals surface area contributed by atoms with Gasteiger partial charge in [-0.05, 0) is 49.3 Å². The van der Waals surface area contributed by atoms with Gasteiger partial charge in [-0.1, -0.05) is 32.0 Å². The minimum Gasteiger partial charge on any atom is -0.384 e. The van der Waals surface area contributed by atoms with Gasteiger partial charge in [0, 0.05) is 42.5 Å². The molecule has 0 aliphatic heterocycles. The highest BCUT2D eigenvalue weighted by Gasteiger charge is 2.24. The van der Waals surface area contributed by atoms with Crippen molar-refractivity contribution in [1.29, 1.82) is 0 Å². The topological polar surface area (TPSA) is 71.2 Å². The first kappa shape index (κ1) is 21.3. The van der Waals surface area contributed by atoms with Gasteiger partial charge in [-0.3, -0.25) is 9.59 Å². The number of carbonyl (C=O) groups is 1. The number of H-pyrrole nitrogens is 1. The molecule has 1 aliphatic carbocycles. The molecule has 0 fully saturated rings. The summed E-state index contributed by atoms with van der Waals surface area (Å²) in [5, 5.41) is 3.11. The van der Waals surface area contributed by atoms with Crippen LogP contribution in [0.15, 0.2) is 23.0 Å². The van der Waals surface area contributed by atoms with Crippen molar-refractivity contribution in [2.45, 2.75) is 65.3 Å². The van der Waals surface area contributed by atoms with Crippen LogP contribution in [0, 0.1) is 13.8 Å². The molecule has 0 spiro atoms. The molecule has 156 valence electrons. The standard InChI is InChI=1S/C24H32N2O3/c1-14(2)23-20(24(28)15(3)16(4)25-23)13-17-6-8-19-18(12-17)7-9-21(19)26-22(27)10-11-29-5/h6,8,12,14,21H,7,9-11,13H2,1-5H3,(H,25,28)(H,26,27). The summed E-state index contributed by atoms with van der Waals surface area (Å²) in [6.45, 7) is 8.52. The maximum Gasteiger partial charge on any atom is 0.222 e. The lowest BCUT2D eigenvalue weighted by Crippen LogP contribution is -2.27. The van der Waals surface area contributed by atoms with Gasteiger partial charge in [-0.15, -0.1) is 0 Å². The Labute approximate surface area is 172 Å². The van der Waals surface area contributed by atoms with Gasteiger partial charge in [0.2, 0.25) is 5.91 Å². The first-order valence-corrected chi connectivity index (χ1v) is 10.4. The number of amides is 1. The number of fused-ring (bicyclic) bond motifs is 1. The van der Waals surface area contributed by atoms with Crippen LogP contribution in [0.2, 0.25) is 0 Å².